The highest BCUT2D eigenvalue weighted by molar-refractivity contribution is 6.30. The molecule has 0 aromatic heterocycles. The highest BCUT2D eigenvalue weighted by Gasteiger charge is 2.52. The molecule has 3 unspecified atom stereocenters. The quantitative estimate of drug-likeness (QED) is 0.902. The molecule has 3 atom stereocenters. The summed E-state index contributed by atoms with van der Waals surface area (Å²) in [4.78, 5) is 15.0. The van der Waals surface area contributed by atoms with Gasteiger partial charge < -0.3 is 15.0 Å². The van der Waals surface area contributed by atoms with Crippen LogP contribution in [0.1, 0.15) is 12.8 Å². The lowest BCUT2D eigenvalue weighted by Gasteiger charge is -2.56. The molecule has 1 aromatic carbocycles. The van der Waals surface area contributed by atoms with E-state index in [1.807, 2.05) is 35.6 Å². The minimum Gasteiger partial charge on any atom is -0.380 e. The Kier molecular flexibility index (Phi) is 4.35. The van der Waals surface area contributed by atoms with Crippen molar-refractivity contribution in [1.29, 1.82) is 5.26 Å². The number of nitriles is 1. The highest BCUT2D eigenvalue weighted by Crippen LogP contribution is 2.40. The lowest BCUT2D eigenvalue weighted by molar-refractivity contribution is -0.198. The van der Waals surface area contributed by atoms with Crippen molar-refractivity contribution in [2.45, 2.75) is 18.9 Å². The summed E-state index contributed by atoms with van der Waals surface area (Å²) in [7, 11) is 0. The van der Waals surface area contributed by atoms with Crippen molar-refractivity contribution in [1.82, 2.24) is 4.90 Å². The van der Waals surface area contributed by atoms with E-state index in [2.05, 4.69) is 11.4 Å². The van der Waals surface area contributed by atoms with Gasteiger partial charge in [0.25, 0.3) is 0 Å². The fraction of sp³-hybridized carbons (Fsp3) is 0.526. The molecule has 131 valence electrons. The molecule has 5 nitrogen and oxygen atoms in total. The summed E-state index contributed by atoms with van der Waals surface area (Å²) >= 11 is 5.95. The normalized spacial score (nSPS) is 30.1. The molecule has 2 saturated heterocycles. The summed E-state index contributed by atoms with van der Waals surface area (Å²) in [6, 6.07) is 9.53. The van der Waals surface area contributed by atoms with Crippen LogP contribution in [0.15, 0.2) is 24.3 Å². The van der Waals surface area contributed by atoms with E-state index in [0.717, 1.165) is 44.8 Å². The Morgan fingerprint density at radius 3 is 2.64 bits per heavy atom. The van der Waals surface area contributed by atoms with Crippen LogP contribution in [-0.2, 0) is 9.53 Å². The van der Waals surface area contributed by atoms with Crippen LogP contribution in [0.3, 0.4) is 0 Å². The van der Waals surface area contributed by atoms with Crippen molar-refractivity contribution in [3.05, 3.63) is 35.7 Å². The molecule has 1 amide bonds. The largest absolute Gasteiger partial charge is 0.380 e. The van der Waals surface area contributed by atoms with E-state index < -0.39 is 0 Å². The average molecular weight is 359 g/mol. The standard InChI is InChI=1S/C19H21ClN3O2/c20-14-4-6-15(7-5-14)22-17-13(8-21)2-1-3-16(17)18(24)23-9-19(10-23)11-25-12-19/h2,4-7,13,16-17,22H,1,3,9-12H2. The number of hydrogen-bond acceptors (Lipinski definition) is 4. The molecule has 2 heterocycles. The predicted octanol–water partition coefficient (Wildman–Crippen LogP) is 2.73. The summed E-state index contributed by atoms with van der Waals surface area (Å²) in [6.45, 7) is 3.11. The van der Waals surface area contributed by atoms with Crippen molar-refractivity contribution >= 4 is 23.2 Å². The first-order valence-corrected chi connectivity index (χ1v) is 9.10. The molecule has 1 saturated carbocycles. The molecule has 3 fully saturated rings. The molecule has 25 heavy (non-hydrogen) atoms. The summed E-state index contributed by atoms with van der Waals surface area (Å²) in [5.41, 5.74) is 1.10. The van der Waals surface area contributed by atoms with Gasteiger partial charge >= 0.3 is 0 Å². The van der Waals surface area contributed by atoms with Crippen LogP contribution in [0.4, 0.5) is 5.69 Å². The number of hydrogen-bond donors (Lipinski definition) is 1. The second kappa shape index (κ2) is 6.51. The molecular formula is C19H21ClN3O2. The Hall–Kier alpha value is -1.77. The van der Waals surface area contributed by atoms with Gasteiger partial charge in [0.2, 0.25) is 5.91 Å². The van der Waals surface area contributed by atoms with E-state index >= 15 is 0 Å². The van der Waals surface area contributed by atoms with Gasteiger partial charge in [0.05, 0.1) is 42.6 Å². The van der Waals surface area contributed by atoms with Crippen LogP contribution in [0, 0.1) is 35.0 Å². The third kappa shape index (κ3) is 3.09. The van der Waals surface area contributed by atoms with Gasteiger partial charge in [-0.25, -0.2) is 0 Å². The average Bonchev–Trinajstić information content (AvgIpc) is 2.54. The van der Waals surface area contributed by atoms with Gasteiger partial charge in [0.15, 0.2) is 0 Å². The molecule has 2 aliphatic heterocycles. The minimum absolute atomic E-state index is 0.164. The fourth-order valence-corrected chi connectivity index (χ4v) is 4.22. The van der Waals surface area contributed by atoms with Gasteiger partial charge in [-0.15, -0.1) is 0 Å². The van der Waals surface area contributed by atoms with E-state index in [-0.39, 0.29) is 29.2 Å². The Morgan fingerprint density at radius 2 is 2.04 bits per heavy atom. The second-order valence-corrected chi connectivity index (χ2v) is 7.87. The van der Waals surface area contributed by atoms with Crippen molar-refractivity contribution in [3.63, 3.8) is 0 Å². The Morgan fingerprint density at radius 1 is 1.32 bits per heavy atom. The SMILES string of the molecule is N#CC1[CH]CCC(C(=O)N2CC3(COC3)C2)C1Nc1ccc(Cl)cc1. The third-order valence-electron chi connectivity index (χ3n) is 5.54. The summed E-state index contributed by atoms with van der Waals surface area (Å²) in [5, 5.41) is 13.6. The number of ether oxygens (including phenoxy) is 1. The van der Waals surface area contributed by atoms with Crippen LogP contribution < -0.4 is 5.32 Å². The van der Waals surface area contributed by atoms with Gasteiger partial charge in [-0.05, 0) is 43.5 Å². The van der Waals surface area contributed by atoms with E-state index in [9.17, 15) is 10.1 Å². The summed E-state index contributed by atoms with van der Waals surface area (Å²) in [6.07, 6.45) is 3.60. The molecule has 1 spiro atoms. The topological polar surface area (TPSA) is 65.4 Å². The first kappa shape index (κ1) is 16.7. The van der Waals surface area contributed by atoms with Crippen LogP contribution in [0.2, 0.25) is 5.02 Å². The highest BCUT2D eigenvalue weighted by atomic mass is 35.5. The maximum absolute atomic E-state index is 13.0. The van der Waals surface area contributed by atoms with E-state index in [0.29, 0.717) is 5.02 Å². The first-order valence-electron chi connectivity index (χ1n) is 8.72. The number of carbonyl (C=O) groups excluding carboxylic acids is 1. The number of halogens is 1. The van der Waals surface area contributed by atoms with Crippen LogP contribution in [-0.4, -0.2) is 43.2 Å². The zero-order valence-electron chi connectivity index (χ0n) is 14.0. The number of amides is 1. The number of carbonyl (C=O) groups is 1. The Balaban J connectivity index is 1.48. The van der Waals surface area contributed by atoms with Crippen LogP contribution >= 0.6 is 11.6 Å². The number of likely N-dealkylation sites (tertiary alicyclic amines) is 1. The number of anilines is 1. The molecular weight excluding hydrogens is 338 g/mol. The molecule has 1 aromatic rings. The van der Waals surface area contributed by atoms with Gasteiger partial charge in [0, 0.05) is 23.8 Å². The lowest BCUT2D eigenvalue weighted by atomic mass is 9.73. The van der Waals surface area contributed by atoms with Gasteiger partial charge in [-0.2, -0.15) is 5.26 Å². The number of rotatable bonds is 3. The number of nitrogens with one attached hydrogen (secondary N) is 1. The Labute approximate surface area is 152 Å². The van der Waals surface area contributed by atoms with Crippen molar-refractivity contribution in [2.24, 2.45) is 17.3 Å². The second-order valence-electron chi connectivity index (χ2n) is 7.44. The van der Waals surface area contributed by atoms with E-state index in [1.165, 1.54) is 0 Å². The fourth-order valence-electron chi connectivity index (χ4n) is 4.10. The summed E-state index contributed by atoms with van der Waals surface area (Å²) < 4.78 is 5.29. The van der Waals surface area contributed by atoms with Gasteiger partial charge in [-0.3, -0.25) is 4.79 Å². The predicted molar refractivity (Wildman–Crippen MR) is 94.8 cm³/mol. The first-order chi connectivity index (χ1) is 12.1. The third-order valence-corrected chi connectivity index (χ3v) is 5.80. The smallest absolute Gasteiger partial charge is 0.227 e. The lowest BCUT2D eigenvalue weighted by Crippen LogP contribution is -2.68. The maximum atomic E-state index is 13.0. The monoisotopic (exact) mass is 358 g/mol. The van der Waals surface area contributed by atoms with E-state index in [4.69, 9.17) is 16.3 Å². The number of benzene rings is 1. The van der Waals surface area contributed by atoms with Crippen LogP contribution in [0.5, 0.6) is 0 Å². The zero-order chi connectivity index (χ0) is 17.4. The molecule has 0 bridgehead atoms. The van der Waals surface area contributed by atoms with Crippen molar-refractivity contribution < 1.29 is 9.53 Å². The van der Waals surface area contributed by atoms with Crippen molar-refractivity contribution in [3.8, 4) is 6.07 Å². The molecule has 6 heteroatoms. The molecule has 1 radical (unpaired) electrons. The van der Waals surface area contributed by atoms with Crippen molar-refractivity contribution in [2.75, 3.05) is 31.6 Å². The minimum atomic E-state index is -0.277. The number of nitrogens with zero attached hydrogens (tertiary/aromatic N) is 2. The van der Waals surface area contributed by atoms with Gasteiger partial charge in [0.1, 0.15) is 0 Å². The van der Waals surface area contributed by atoms with Gasteiger partial charge in [-0.1, -0.05) is 11.6 Å². The molecule has 4 rings (SSSR count). The zero-order valence-corrected chi connectivity index (χ0v) is 14.7. The van der Waals surface area contributed by atoms with E-state index in [1.54, 1.807) is 0 Å². The molecule has 1 N–H and O–H groups in total. The van der Waals surface area contributed by atoms with Crippen LogP contribution in [0.25, 0.3) is 0 Å². The molecule has 3 aliphatic rings. The molecule has 1 aliphatic carbocycles. The summed E-state index contributed by atoms with van der Waals surface area (Å²) in [5.74, 6) is -0.290. The maximum Gasteiger partial charge on any atom is 0.227 e. The Bertz CT molecular complexity index is 688.